The topological polar surface area (TPSA) is 93.1 Å². The van der Waals surface area contributed by atoms with Gasteiger partial charge < -0.3 is 10.1 Å². The lowest BCUT2D eigenvalue weighted by atomic mass is 9.78. The molecule has 1 aromatic carbocycles. The summed E-state index contributed by atoms with van der Waals surface area (Å²) in [4.78, 5) is 13.9. The van der Waals surface area contributed by atoms with Crippen LogP contribution in [0.5, 0.6) is 0 Å². The minimum absolute atomic E-state index is 0. The number of carbonyl (C=O) groups is 1. The van der Waals surface area contributed by atoms with Crippen molar-refractivity contribution < 1.29 is 35.9 Å². The first-order valence-electron chi connectivity index (χ1n) is 12.1. The van der Waals surface area contributed by atoms with Gasteiger partial charge in [-0.1, -0.05) is 0 Å². The predicted octanol–water partition coefficient (Wildman–Crippen LogP) is 6.81. The molecule has 1 amide bonds. The summed E-state index contributed by atoms with van der Waals surface area (Å²) in [5, 5.41) is 18.7. The maximum atomic E-state index is 13.2. The van der Waals surface area contributed by atoms with E-state index in [9.17, 15) is 31.1 Å². The Morgan fingerprint density at radius 3 is 2.12 bits per heavy atom. The number of halogens is 8. The highest BCUT2D eigenvalue weighted by atomic mass is 35.5. The third-order valence-corrected chi connectivity index (χ3v) is 6.94. The zero-order valence-electron chi connectivity index (χ0n) is 21.1. The number of aromatic nitrogens is 4. The van der Waals surface area contributed by atoms with Crippen LogP contribution in [0.1, 0.15) is 36.8 Å². The van der Waals surface area contributed by atoms with Crippen LogP contribution in [0.4, 0.5) is 42.8 Å². The number of alkyl halides is 6. The second-order valence-corrected chi connectivity index (χ2v) is 9.64. The van der Waals surface area contributed by atoms with E-state index in [0.29, 0.717) is 49.7 Å². The number of rotatable bonds is 5. The quantitative estimate of drug-likeness (QED) is 0.312. The molecule has 222 valence electrons. The molecule has 0 bridgehead atoms. The average molecular weight is 625 g/mol. The van der Waals surface area contributed by atoms with E-state index < -0.39 is 35.2 Å². The number of nitrogens with one attached hydrogen (secondary N) is 1. The van der Waals surface area contributed by atoms with Gasteiger partial charge in [0.2, 0.25) is 0 Å². The van der Waals surface area contributed by atoms with E-state index in [1.165, 1.54) is 23.2 Å². The third kappa shape index (κ3) is 7.28. The van der Waals surface area contributed by atoms with Crippen LogP contribution < -0.4 is 10.2 Å². The van der Waals surface area contributed by atoms with Crippen LogP contribution in [0.25, 0.3) is 11.3 Å². The van der Waals surface area contributed by atoms with E-state index in [4.69, 9.17) is 4.74 Å². The van der Waals surface area contributed by atoms with Crippen LogP contribution in [-0.4, -0.2) is 45.2 Å². The van der Waals surface area contributed by atoms with Gasteiger partial charge in [-0.3, -0.25) is 4.90 Å². The van der Waals surface area contributed by atoms with Crippen LogP contribution in [-0.2, 0) is 17.1 Å². The Morgan fingerprint density at radius 1 is 0.927 bits per heavy atom. The fourth-order valence-corrected chi connectivity index (χ4v) is 4.84. The average Bonchev–Trinajstić information content (AvgIpc) is 3.23. The van der Waals surface area contributed by atoms with E-state index in [0.717, 1.165) is 12.8 Å². The van der Waals surface area contributed by atoms with Crippen LogP contribution in [0, 0.1) is 5.92 Å². The molecule has 0 radical (unpaired) electrons. The first-order chi connectivity index (χ1) is 18.4. The van der Waals surface area contributed by atoms with Crippen LogP contribution in [0.15, 0.2) is 48.7 Å². The van der Waals surface area contributed by atoms with Crippen molar-refractivity contribution in [3.8, 4) is 11.3 Å². The highest BCUT2D eigenvalue weighted by Gasteiger charge is 2.48. The maximum Gasteiger partial charge on any atom is 0.416 e. The van der Waals surface area contributed by atoms with Crippen molar-refractivity contribution >= 4 is 42.5 Å². The molecule has 8 nitrogen and oxygen atoms in total. The van der Waals surface area contributed by atoms with Gasteiger partial charge in [0, 0.05) is 18.3 Å². The number of ether oxygens (including phenoxy) is 1. The van der Waals surface area contributed by atoms with Crippen molar-refractivity contribution in [2.75, 3.05) is 23.3 Å². The summed E-state index contributed by atoms with van der Waals surface area (Å²) < 4.78 is 84.7. The molecule has 0 atom stereocenters. The molecule has 5 rings (SSSR count). The molecular weight excluding hydrogens is 601 g/mol. The molecule has 1 aliphatic carbocycles. The Morgan fingerprint density at radius 2 is 1.59 bits per heavy atom. The van der Waals surface area contributed by atoms with Gasteiger partial charge in [0.25, 0.3) is 0 Å². The van der Waals surface area contributed by atoms with Gasteiger partial charge >= 0.3 is 18.4 Å². The molecule has 1 N–H and O–H groups in total. The molecule has 1 saturated heterocycles. The molecule has 2 fully saturated rings. The van der Waals surface area contributed by atoms with Crippen LogP contribution in [0.3, 0.4) is 0 Å². The van der Waals surface area contributed by atoms with Gasteiger partial charge in [-0.2, -0.15) is 31.4 Å². The Hall–Kier alpha value is -3.39. The molecule has 0 unspecified atom stereocenters. The van der Waals surface area contributed by atoms with Crippen LogP contribution in [0.2, 0.25) is 0 Å². The number of hydrogen-bond donors (Lipinski definition) is 1. The van der Waals surface area contributed by atoms with Gasteiger partial charge in [0.1, 0.15) is 11.4 Å². The van der Waals surface area contributed by atoms with E-state index in [2.05, 4.69) is 25.7 Å². The number of carbonyl (C=O) groups excluding carboxylic acids is 1. The minimum Gasteiger partial charge on any atom is -0.441 e. The highest BCUT2D eigenvalue weighted by molar-refractivity contribution is 5.89. The second kappa shape index (κ2) is 12.2. The van der Waals surface area contributed by atoms with E-state index in [-0.39, 0.29) is 48.1 Å². The molecule has 2 aromatic heterocycles. The van der Waals surface area contributed by atoms with Crippen molar-refractivity contribution in [2.45, 2.75) is 43.6 Å². The summed E-state index contributed by atoms with van der Waals surface area (Å²) in [7, 11) is 0. The number of amides is 1. The number of benzene rings is 1. The van der Waals surface area contributed by atoms with Crippen molar-refractivity contribution in [1.82, 2.24) is 20.4 Å². The Balaban J connectivity index is 0.00000231. The molecule has 16 heteroatoms. The summed E-state index contributed by atoms with van der Waals surface area (Å²) in [5.74, 6) is 1.01. The van der Waals surface area contributed by atoms with Gasteiger partial charge in [-0.15, -0.1) is 40.1 Å². The lowest BCUT2D eigenvalue weighted by Gasteiger charge is -2.35. The maximum absolute atomic E-state index is 13.2. The molecular formula is C25H24Cl2F6N6O2. The molecule has 1 aliphatic heterocycles. The Labute approximate surface area is 242 Å². The third-order valence-electron chi connectivity index (χ3n) is 6.94. The fraction of sp³-hybridized carbons (Fsp3) is 0.400. The van der Waals surface area contributed by atoms with Crippen molar-refractivity contribution in [3.05, 3.63) is 59.8 Å². The fourth-order valence-electron chi connectivity index (χ4n) is 4.84. The standard InChI is InChI=1S/C25H22F6N6O2.2ClH/c26-24(27,28)17-10-16(11-18(12-17)25(29,30)31)19-3-4-20(35-34-19)32-13-15-5-7-23(8-6-15)14-37(22(38)39-23)21-2-1-9-33-36-21;;/h1-4,9-12,15H,5-8,13-14H2,(H,32,35);2*1H. The van der Waals surface area contributed by atoms with Gasteiger partial charge in [0.15, 0.2) is 5.82 Å². The summed E-state index contributed by atoms with van der Waals surface area (Å²) in [6.45, 7) is 0.914. The second-order valence-electron chi connectivity index (χ2n) is 9.64. The summed E-state index contributed by atoms with van der Waals surface area (Å²) >= 11 is 0. The van der Waals surface area contributed by atoms with Crippen molar-refractivity contribution in [2.24, 2.45) is 5.92 Å². The number of anilines is 2. The molecule has 2 aliphatic rings. The zero-order chi connectivity index (χ0) is 27.8. The van der Waals surface area contributed by atoms with E-state index in [1.807, 2.05) is 0 Å². The summed E-state index contributed by atoms with van der Waals surface area (Å²) in [6.07, 6.45) is -5.98. The Bertz CT molecular complexity index is 1300. The Kier molecular flexibility index (Phi) is 9.58. The molecule has 3 heterocycles. The smallest absolute Gasteiger partial charge is 0.416 e. The lowest BCUT2D eigenvalue weighted by Crippen LogP contribution is -2.39. The van der Waals surface area contributed by atoms with Crippen molar-refractivity contribution in [1.29, 1.82) is 0 Å². The van der Waals surface area contributed by atoms with E-state index >= 15 is 0 Å². The first-order valence-corrected chi connectivity index (χ1v) is 12.1. The van der Waals surface area contributed by atoms with E-state index in [1.54, 1.807) is 12.1 Å². The first kappa shape index (κ1) is 32.1. The zero-order valence-corrected chi connectivity index (χ0v) is 22.7. The highest BCUT2D eigenvalue weighted by Crippen LogP contribution is 2.41. The van der Waals surface area contributed by atoms with Crippen molar-refractivity contribution in [3.63, 3.8) is 0 Å². The lowest BCUT2D eigenvalue weighted by molar-refractivity contribution is -0.143. The monoisotopic (exact) mass is 624 g/mol. The summed E-state index contributed by atoms with van der Waals surface area (Å²) in [5.41, 5.74) is -3.88. The summed E-state index contributed by atoms with van der Waals surface area (Å²) in [6, 6.07) is 7.46. The SMILES string of the molecule is Cl.Cl.O=C1OC2(CCC(CNc3ccc(-c4cc(C(F)(F)F)cc(C(F)(F)F)c4)nn3)CC2)CN1c1cccnn1. The molecule has 3 aromatic rings. The van der Waals surface area contributed by atoms with Gasteiger partial charge in [-0.25, -0.2) is 4.79 Å². The number of nitrogens with zero attached hydrogens (tertiary/aromatic N) is 5. The largest absolute Gasteiger partial charge is 0.441 e. The van der Waals surface area contributed by atoms with Gasteiger partial charge in [0.05, 0.1) is 23.4 Å². The molecule has 1 saturated carbocycles. The molecule has 1 spiro atoms. The van der Waals surface area contributed by atoms with Crippen LogP contribution >= 0.6 is 24.8 Å². The minimum atomic E-state index is -4.95. The predicted molar refractivity (Wildman–Crippen MR) is 141 cm³/mol. The number of hydrogen-bond acceptors (Lipinski definition) is 7. The normalized spacial score (nSPS) is 20.7. The van der Waals surface area contributed by atoms with Gasteiger partial charge in [-0.05, 0) is 74.1 Å². The molecule has 41 heavy (non-hydrogen) atoms.